The minimum Gasteiger partial charge on any atom is -0.508 e. The van der Waals surface area contributed by atoms with Gasteiger partial charge in [-0.3, -0.25) is 0 Å². The van der Waals surface area contributed by atoms with Crippen LogP contribution in [-0.2, 0) is 6.54 Å². The number of hydrogen-bond acceptors (Lipinski definition) is 5. The average molecular weight is 274 g/mol. The van der Waals surface area contributed by atoms with Gasteiger partial charge in [-0.25, -0.2) is 4.98 Å². The Kier molecular flexibility index (Phi) is 4.42. The summed E-state index contributed by atoms with van der Waals surface area (Å²) in [5.74, 6) is 0.686. The van der Waals surface area contributed by atoms with Gasteiger partial charge in [0.15, 0.2) is 0 Å². The monoisotopic (exact) mass is 274 g/mol. The van der Waals surface area contributed by atoms with E-state index in [1.165, 1.54) is 6.07 Å². The second-order valence-electron chi connectivity index (χ2n) is 4.56. The van der Waals surface area contributed by atoms with Crippen molar-refractivity contribution in [2.24, 2.45) is 0 Å². The Morgan fingerprint density at radius 3 is 2.60 bits per heavy atom. The first-order chi connectivity index (χ1) is 9.60. The van der Waals surface area contributed by atoms with Gasteiger partial charge in [-0.2, -0.15) is 0 Å². The maximum Gasteiger partial charge on any atom is 0.217 e. The summed E-state index contributed by atoms with van der Waals surface area (Å²) in [7, 11) is 1.59. The Hall–Kier alpha value is -2.27. The van der Waals surface area contributed by atoms with Crippen LogP contribution in [0.1, 0.15) is 24.1 Å². The predicted molar refractivity (Wildman–Crippen MR) is 75.8 cm³/mol. The van der Waals surface area contributed by atoms with E-state index in [4.69, 9.17) is 4.74 Å². The highest BCUT2D eigenvalue weighted by atomic mass is 16.5. The fourth-order valence-electron chi connectivity index (χ4n) is 1.99. The van der Waals surface area contributed by atoms with Crippen LogP contribution in [0.15, 0.2) is 36.5 Å². The molecule has 0 saturated carbocycles. The van der Waals surface area contributed by atoms with E-state index in [1.54, 1.807) is 25.4 Å². The van der Waals surface area contributed by atoms with Crippen molar-refractivity contribution in [3.05, 3.63) is 47.7 Å². The van der Waals surface area contributed by atoms with Gasteiger partial charge >= 0.3 is 0 Å². The molecule has 3 N–H and O–H groups in total. The van der Waals surface area contributed by atoms with Gasteiger partial charge in [0, 0.05) is 30.4 Å². The van der Waals surface area contributed by atoms with Crippen LogP contribution in [0.5, 0.6) is 17.4 Å². The highest BCUT2D eigenvalue weighted by Gasteiger charge is 2.09. The molecule has 0 radical (unpaired) electrons. The van der Waals surface area contributed by atoms with Crippen LogP contribution in [0.3, 0.4) is 0 Å². The lowest BCUT2D eigenvalue weighted by atomic mass is 10.1. The third kappa shape index (κ3) is 3.39. The number of hydrogen-bond donors (Lipinski definition) is 3. The van der Waals surface area contributed by atoms with Crippen LogP contribution in [0, 0.1) is 0 Å². The Morgan fingerprint density at radius 2 is 1.95 bits per heavy atom. The molecule has 0 aliphatic carbocycles. The molecular weight excluding hydrogens is 256 g/mol. The lowest BCUT2D eigenvalue weighted by molar-refractivity contribution is 0.389. The second kappa shape index (κ2) is 6.25. The van der Waals surface area contributed by atoms with Gasteiger partial charge in [-0.15, -0.1) is 0 Å². The van der Waals surface area contributed by atoms with Crippen molar-refractivity contribution in [3.8, 4) is 17.4 Å². The fraction of sp³-hybridized carbons (Fsp3) is 0.267. The zero-order valence-corrected chi connectivity index (χ0v) is 11.5. The summed E-state index contributed by atoms with van der Waals surface area (Å²) < 4.78 is 5.19. The number of rotatable bonds is 5. The summed E-state index contributed by atoms with van der Waals surface area (Å²) in [6, 6.07) is 8.31. The molecule has 5 heteroatoms. The minimum atomic E-state index is -0.0297. The van der Waals surface area contributed by atoms with Crippen molar-refractivity contribution < 1.29 is 14.9 Å². The van der Waals surface area contributed by atoms with Crippen molar-refractivity contribution in [3.63, 3.8) is 0 Å². The summed E-state index contributed by atoms with van der Waals surface area (Å²) in [5, 5.41) is 22.3. The first kappa shape index (κ1) is 14.1. The number of nitrogens with one attached hydrogen (secondary N) is 1. The number of aromatic hydroxyl groups is 2. The van der Waals surface area contributed by atoms with E-state index in [-0.39, 0.29) is 17.5 Å². The lowest BCUT2D eigenvalue weighted by Gasteiger charge is -2.16. The minimum absolute atomic E-state index is 0.0297. The molecule has 2 rings (SSSR count). The van der Waals surface area contributed by atoms with Crippen molar-refractivity contribution in [1.82, 2.24) is 10.3 Å². The molecule has 0 bridgehead atoms. The van der Waals surface area contributed by atoms with E-state index >= 15 is 0 Å². The Bertz CT molecular complexity index is 567. The number of benzene rings is 1. The second-order valence-corrected chi connectivity index (χ2v) is 4.56. The summed E-state index contributed by atoms with van der Waals surface area (Å²) in [5.41, 5.74) is 1.76. The molecule has 2 aromatic rings. The van der Waals surface area contributed by atoms with Crippen molar-refractivity contribution in [1.29, 1.82) is 0 Å². The van der Waals surface area contributed by atoms with Gasteiger partial charge in [0.25, 0.3) is 0 Å². The summed E-state index contributed by atoms with van der Waals surface area (Å²) in [6.07, 6.45) is 1.68. The van der Waals surface area contributed by atoms with Gasteiger partial charge in [0.1, 0.15) is 11.5 Å². The quantitative estimate of drug-likeness (QED) is 0.780. The van der Waals surface area contributed by atoms with E-state index in [9.17, 15) is 10.2 Å². The SMILES string of the molecule is COc1ncccc1CNC(C)c1cc(O)cc(O)c1. The number of phenols is 2. The molecule has 1 aromatic heterocycles. The van der Waals surface area contributed by atoms with Crippen LogP contribution in [0.4, 0.5) is 0 Å². The van der Waals surface area contributed by atoms with Crippen LogP contribution in [-0.4, -0.2) is 22.3 Å². The third-order valence-corrected chi connectivity index (χ3v) is 3.07. The molecule has 0 saturated heterocycles. The highest BCUT2D eigenvalue weighted by molar-refractivity contribution is 5.38. The van der Waals surface area contributed by atoms with Gasteiger partial charge in [0.2, 0.25) is 5.88 Å². The zero-order chi connectivity index (χ0) is 14.5. The molecule has 0 aliphatic heterocycles. The first-order valence-corrected chi connectivity index (χ1v) is 6.34. The Morgan fingerprint density at radius 1 is 1.25 bits per heavy atom. The first-order valence-electron chi connectivity index (χ1n) is 6.34. The molecule has 1 atom stereocenters. The Balaban J connectivity index is 2.06. The highest BCUT2D eigenvalue weighted by Crippen LogP contribution is 2.25. The zero-order valence-electron chi connectivity index (χ0n) is 11.5. The topological polar surface area (TPSA) is 74.6 Å². The summed E-state index contributed by atoms with van der Waals surface area (Å²) in [4.78, 5) is 4.13. The fourth-order valence-corrected chi connectivity index (χ4v) is 1.99. The molecule has 0 fully saturated rings. The largest absolute Gasteiger partial charge is 0.508 e. The van der Waals surface area contributed by atoms with Gasteiger partial charge in [0.05, 0.1) is 7.11 Å². The van der Waals surface area contributed by atoms with Gasteiger partial charge < -0.3 is 20.3 Å². The molecule has 0 aliphatic rings. The average Bonchev–Trinajstić information content (AvgIpc) is 2.44. The molecule has 1 unspecified atom stereocenters. The van der Waals surface area contributed by atoms with Crippen LogP contribution < -0.4 is 10.1 Å². The molecule has 1 heterocycles. The number of methoxy groups -OCH3 is 1. The van der Waals surface area contributed by atoms with Crippen molar-refractivity contribution in [2.45, 2.75) is 19.5 Å². The number of aromatic nitrogens is 1. The van der Waals surface area contributed by atoms with Crippen LogP contribution in [0.2, 0.25) is 0 Å². The molecule has 20 heavy (non-hydrogen) atoms. The smallest absolute Gasteiger partial charge is 0.217 e. The lowest BCUT2D eigenvalue weighted by Crippen LogP contribution is -2.18. The molecule has 0 amide bonds. The van der Waals surface area contributed by atoms with Crippen molar-refractivity contribution in [2.75, 3.05) is 7.11 Å². The molecule has 106 valence electrons. The maximum absolute atomic E-state index is 9.49. The summed E-state index contributed by atoms with van der Waals surface area (Å²) >= 11 is 0. The van der Waals surface area contributed by atoms with E-state index in [0.717, 1.165) is 11.1 Å². The molecule has 1 aromatic carbocycles. The number of pyridine rings is 1. The molecule has 0 spiro atoms. The number of ether oxygens (including phenoxy) is 1. The normalized spacial score (nSPS) is 12.1. The maximum atomic E-state index is 9.49. The van der Waals surface area contributed by atoms with E-state index in [2.05, 4.69) is 10.3 Å². The number of phenolic OH excluding ortho intramolecular Hbond substituents is 2. The van der Waals surface area contributed by atoms with E-state index in [1.807, 2.05) is 19.1 Å². The van der Waals surface area contributed by atoms with Crippen LogP contribution in [0.25, 0.3) is 0 Å². The standard InChI is InChI=1S/C15H18N2O3/c1-10(12-6-13(18)8-14(19)7-12)17-9-11-4-3-5-16-15(11)20-2/h3-8,10,17-19H,9H2,1-2H3. The van der Waals surface area contributed by atoms with Gasteiger partial charge in [-0.1, -0.05) is 6.07 Å². The van der Waals surface area contributed by atoms with Gasteiger partial charge in [-0.05, 0) is 30.7 Å². The van der Waals surface area contributed by atoms with E-state index < -0.39 is 0 Å². The summed E-state index contributed by atoms with van der Waals surface area (Å²) in [6.45, 7) is 2.53. The third-order valence-electron chi connectivity index (χ3n) is 3.07. The van der Waals surface area contributed by atoms with Crippen molar-refractivity contribution >= 4 is 0 Å². The number of nitrogens with zero attached hydrogens (tertiary/aromatic N) is 1. The predicted octanol–water partition coefficient (Wildman–Crippen LogP) is 2.35. The molecule has 5 nitrogen and oxygen atoms in total. The van der Waals surface area contributed by atoms with Crippen LogP contribution >= 0.6 is 0 Å². The Labute approximate surface area is 117 Å². The van der Waals surface area contributed by atoms with E-state index in [0.29, 0.717) is 12.4 Å². The molecular formula is C15H18N2O3.